The largest absolute Gasteiger partial charge is 0.497 e. The Bertz CT molecular complexity index is 753. The highest BCUT2D eigenvalue weighted by molar-refractivity contribution is 5.86. The molecule has 2 heteroatoms. The summed E-state index contributed by atoms with van der Waals surface area (Å²) >= 11 is 0. The van der Waals surface area contributed by atoms with Crippen LogP contribution in [-0.2, 0) is 5.60 Å². The van der Waals surface area contributed by atoms with E-state index in [0.29, 0.717) is 0 Å². The maximum atomic E-state index is 11.1. The maximum absolute atomic E-state index is 11.1. The first kappa shape index (κ1) is 13.7. The van der Waals surface area contributed by atoms with Crippen LogP contribution in [0.2, 0.25) is 0 Å². The molecule has 21 heavy (non-hydrogen) atoms. The Balaban J connectivity index is 2.14. The van der Waals surface area contributed by atoms with E-state index < -0.39 is 5.60 Å². The van der Waals surface area contributed by atoms with Crippen molar-refractivity contribution in [2.45, 2.75) is 12.5 Å². The minimum atomic E-state index is -1.05. The number of ether oxygens (including phenoxy) is 1. The van der Waals surface area contributed by atoms with E-state index in [-0.39, 0.29) is 0 Å². The van der Waals surface area contributed by atoms with Gasteiger partial charge in [-0.15, -0.1) is 0 Å². The number of hydrogen-bond acceptors (Lipinski definition) is 2. The van der Waals surface area contributed by atoms with Gasteiger partial charge in [0.05, 0.1) is 7.11 Å². The highest BCUT2D eigenvalue weighted by atomic mass is 16.5. The van der Waals surface area contributed by atoms with Crippen molar-refractivity contribution in [3.05, 3.63) is 77.9 Å². The maximum Gasteiger partial charge on any atom is 0.118 e. The Labute approximate surface area is 124 Å². The average molecular weight is 278 g/mol. The quantitative estimate of drug-likeness (QED) is 0.781. The van der Waals surface area contributed by atoms with Gasteiger partial charge in [-0.05, 0) is 41.0 Å². The molecule has 0 bridgehead atoms. The molecule has 0 aromatic heterocycles. The van der Waals surface area contributed by atoms with E-state index in [9.17, 15) is 5.11 Å². The van der Waals surface area contributed by atoms with Crippen LogP contribution in [0.5, 0.6) is 5.75 Å². The lowest BCUT2D eigenvalue weighted by Crippen LogP contribution is -2.23. The fraction of sp³-hybridized carbons (Fsp3) is 0.158. The highest BCUT2D eigenvalue weighted by Crippen LogP contribution is 2.34. The fourth-order valence-electron chi connectivity index (χ4n) is 2.72. The third kappa shape index (κ3) is 2.39. The van der Waals surface area contributed by atoms with Crippen molar-refractivity contribution in [1.29, 1.82) is 0 Å². The molecular weight excluding hydrogens is 260 g/mol. The summed E-state index contributed by atoms with van der Waals surface area (Å²) in [7, 11) is 1.64. The van der Waals surface area contributed by atoms with Crippen molar-refractivity contribution in [2.24, 2.45) is 0 Å². The first-order valence-electron chi connectivity index (χ1n) is 6.98. The minimum Gasteiger partial charge on any atom is -0.497 e. The molecule has 0 aliphatic heterocycles. The lowest BCUT2D eigenvalue weighted by Gasteiger charge is -2.26. The molecule has 3 aromatic rings. The molecule has 2 nitrogen and oxygen atoms in total. The van der Waals surface area contributed by atoms with Gasteiger partial charge in [0.15, 0.2) is 0 Å². The van der Waals surface area contributed by atoms with Gasteiger partial charge < -0.3 is 9.84 Å². The van der Waals surface area contributed by atoms with E-state index in [4.69, 9.17) is 4.74 Å². The molecule has 0 saturated carbocycles. The number of benzene rings is 3. The van der Waals surface area contributed by atoms with Crippen LogP contribution in [0.4, 0.5) is 0 Å². The van der Waals surface area contributed by atoms with Crippen LogP contribution >= 0.6 is 0 Å². The second-order valence-corrected chi connectivity index (χ2v) is 5.33. The Kier molecular flexibility index (Phi) is 3.40. The Hall–Kier alpha value is -2.32. The topological polar surface area (TPSA) is 29.5 Å². The standard InChI is InChI=1S/C19H18O2/c1-19(20,15-10-12-16(21-2)13-11-15)18-9-5-7-14-6-3-4-8-17(14)18/h3-13,20H,1-2H3. The molecule has 1 unspecified atom stereocenters. The zero-order chi connectivity index (χ0) is 14.9. The van der Waals surface area contributed by atoms with E-state index in [2.05, 4.69) is 12.1 Å². The summed E-state index contributed by atoms with van der Waals surface area (Å²) in [5.74, 6) is 0.785. The molecule has 0 heterocycles. The van der Waals surface area contributed by atoms with Crippen LogP contribution in [0.1, 0.15) is 18.1 Å². The van der Waals surface area contributed by atoms with Crippen LogP contribution in [0.3, 0.4) is 0 Å². The number of hydrogen-bond donors (Lipinski definition) is 1. The molecule has 0 spiro atoms. The molecule has 0 amide bonds. The van der Waals surface area contributed by atoms with Crippen LogP contribution < -0.4 is 4.74 Å². The summed E-state index contributed by atoms with van der Waals surface area (Å²) in [4.78, 5) is 0. The monoisotopic (exact) mass is 278 g/mol. The van der Waals surface area contributed by atoms with Crippen LogP contribution in [-0.4, -0.2) is 12.2 Å². The lowest BCUT2D eigenvalue weighted by molar-refractivity contribution is 0.104. The zero-order valence-corrected chi connectivity index (χ0v) is 12.2. The van der Waals surface area contributed by atoms with Gasteiger partial charge in [0.25, 0.3) is 0 Å². The lowest BCUT2D eigenvalue weighted by atomic mass is 9.85. The van der Waals surface area contributed by atoms with Crippen LogP contribution in [0, 0.1) is 0 Å². The van der Waals surface area contributed by atoms with Gasteiger partial charge in [0.2, 0.25) is 0 Å². The average Bonchev–Trinajstić information content (AvgIpc) is 2.54. The summed E-state index contributed by atoms with van der Waals surface area (Å²) in [6, 6.07) is 21.7. The second-order valence-electron chi connectivity index (χ2n) is 5.33. The molecule has 1 atom stereocenters. The van der Waals surface area contributed by atoms with Crippen molar-refractivity contribution < 1.29 is 9.84 Å². The summed E-state index contributed by atoms with van der Waals surface area (Å²) in [5.41, 5.74) is 0.707. The smallest absolute Gasteiger partial charge is 0.118 e. The SMILES string of the molecule is COc1ccc(C(C)(O)c2cccc3ccccc23)cc1. The van der Waals surface area contributed by atoms with Crippen molar-refractivity contribution >= 4 is 10.8 Å². The molecule has 0 aliphatic carbocycles. The van der Waals surface area contributed by atoms with Gasteiger partial charge in [0.1, 0.15) is 11.4 Å². The van der Waals surface area contributed by atoms with E-state index >= 15 is 0 Å². The van der Waals surface area contributed by atoms with Gasteiger partial charge in [-0.25, -0.2) is 0 Å². The predicted molar refractivity (Wildman–Crippen MR) is 85.6 cm³/mol. The Morgan fingerprint density at radius 1 is 0.857 bits per heavy atom. The van der Waals surface area contributed by atoms with E-state index in [1.165, 1.54) is 0 Å². The highest BCUT2D eigenvalue weighted by Gasteiger charge is 2.27. The zero-order valence-electron chi connectivity index (χ0n) is 12.2. The van der Waals surface area contributed by atoms with Crippen LogP contribution in [0.15, 0.2) is 66.7 Å². The van der Waals surface area contributed by atoms with Gasteiger partial charge in [-0.1, -0.05) is 54.6 Å². The number of fused-ring (bicyclic) bond motifs is 1. The molecule has 0 aliphatic rings. The summed E-state index contributed by atoms with van der Waals surface area (Å²) in [6.07, 6.45) is 0. The van der Waals surface area contributed by atoms with E-state index in [1.807, 2.05) is 61.5 Å². The van der Waals surface area contributed by atoms with Crippen LogP contribution in [0.25, 0.3) is 10.8 Å². The van der Waals surface area contributed by atoms with Crippen molar-refractivity contribution in [2.75, 3.05) is 7.11 Å². The van der Waals surface area contributed by atoms with Crippen molar-refractivity contribution in [3.8, 4) is 5.75 Å². The summed E-state index contributed by atoms with van der Waals surface area (Å²) in [5, 5.41) is 13.3. The summed E-state index contributed by atoms with van der Waals surface area (Å²) < 4.78 is 5.18. The molecular formula is C19H18O2. The third-order valence-corrected chi connectivity index (χ3v) is 3.97. The van der Waals surface area contributed by atoms with Gasteiger partial charge in [-0.3, -0.25) is 0 Å². The normalized spacial score (nSPS) is 13.9. The Morgan fingerprint density at radius 2 is 1.52 bits per heavy atom. The molecule has 106 valence electrons. The molecule has 0 fully saturated rings. The van der Waals surface area contributed by atoms with E-state index in [1.54, 1.807) is 7.11 Å². The number of methoxy groups -OCH3 is 1. The van der Waals surface area contributed by atoms with Crippen molar-refractivity contribution in [1.82, 2.24) is 0 Å². The molecule has 3 aromatic carbocycles. The van der Waals surface area contributed by atoms with Gasteiger partial charge in [-0.2, -0.15) is 0 Å². The number of rotatable bonds is 3. The summed E-state index contributed by atoms with van der Waals surface area (Å²) in [6.45, 7) is 1.83. The van der Waals surface area contributed by atoms with Gasteiger partial charge in [0, 0.05) is 0 Å². The van der Waals surface area contributed by atoms with Gasteiger partial charge >= 0.3 is 0 Å². The third-order valence-electron chi connectivity index (χ3n) is 3.97. The minimum absolute atomic E-state index is 0.785. The number of aliphatic hydroxyl groups is 1. The van der Waals surface area contributed by atoms with Crippen molar-refractivity contribution in [3.63, 3.8) is 0 Å². The second kappa shape index (κ2) is 5.23. The molecule has 0 radical (unpaired) electrons. The fourth-order valence-corrected chi connectivity index (χ4v) is 2.72. The molecule has 3 rings (SSSR count). The first-order chi connectivity index (χ1) is 10.1. The van der Waals surface area contributed by atoms with E-state index in [0.717, 1.165) is 27.6 Å². The predicted octanol–water partition coefficient (Wildman–Crippen LogP) is 4.10. The first-order valence-corrected chi connectivity index (χ1v) is 6.98. The molecule has 1 N–H and O–H groups in total. The molecule has 0 saturated heterocycles. The Morgan fingerprint density at radius 3 is 2.24 bits per heavy atom.